The third-order valence-corrected chi connectivity index (χ3v) is 2.77. The van der Waals surface area contributed by atoms with Crippen molar-refractivity contribution in [2.24, 2.45) is 5.73 Å². The number of hydrogen-bond acceptors (Lipinski definition) is 4. The lowest BCUT2D eigenvalue weighted by Gasteiger charge is -2.15. The van der Waals surface area contributed by atoms with Crippen molar-refractivity contribution in [2.45, 2.75) is 32.7 Å². The minimum Gasteiger partial charge on any atom is -0.496 e. The average Bonchev–Trinajstić information content (AvgIpc) is 2.36. The molecule has 0 radical (unpaired) electrons. The Kier molecular flexibility index (Phi) is 5.16. The number of benzene rings is 1. The molecule has 0 spiro atoms. The summed E-state index contributed by atoms with van der Waals surface area (Å²) in [7, 11) is 3.15. The molecule has 1 atom stereocenters. The smallest absolute Gasteiger partial charge is 0.166 e. The van der Waals surface area contributed by atoms with Crippen LogP contribution in [-0.2, 0) is 6.42 Å². The lowest BCUT2D eigenvalue weighted by atomic mass is 10.00. The molecule has 1 aromatic rings. The second kappa shape index (κ2) is 6.40. The van der Waals surface area contributed by atoms with Crippen LogP contribution in [0.4, 0.5) is 0 Å². The summed E-state index contributed by atoms with van der Waals surface area (Å²) in [6, 6.07) is 3.60. The minimum atomic E-state index is 0.0244. The number of carbonyl (C=O) groups excluding carboxylic acids is 1. The highest BCUT2D eigenvalue weighted by Gasteiger charge is 2.16. The van der Waals surface area contributed by atoms with Crippen molar-refractivity contribution in [1.82, 2.24) is 0 Å². The summed E-state index contributed by atoms with van der Waals surface area (Å²) < 4.78 is 10.6. The Morgan fingerprint density at radius 3 is 2.33 bits per heavy atom. The molecule has 2 N–H and O–H groups in total. The summed E-state index contributed by atoms with van der Waals surface area (Å²) >= 11 is 0. The predicted octanol–water partition coefficient (Wildman–Crippen LogP) is 2.19. The third kappa shape index (κ3) is 3.23. The summed E-state index contributed by atoms with van der Waals surface area (Å²) in [6.45, 7) is 3.75. The third-order valence-electron chi connectivity index (χ3n) is 2.77. The molecule has 0 unspecified atom stereocenters. The number of Topliss-reactive ketones (excluding diaryl/α,β-unsaturated/α-hetero) is 1. The SMILES string of the molecule is CCC(=O)c1cc(OC)c(C[C@@H](C)N)cc1OC. The van der Waals surface area contributed by atoms with Crippen LogP contribution in [0.15, 0.2) is 12.1 Å². The summed E-state index contributed by atoms with van der Waals surface area (Å²) in [6.07, 6.45) is 1.12. The quantitative estimate of drug-likeness (QED) is 0.787. The van der Waals surface area contributed by atoms with Gasteiger partial charge in [0.05, 0.1) is 19.8 Å². The standard InChI is InChI=1S/C14H21NO3/c1-5-12(16)11-8-13(17-3)10(6-9(2)15)7-14(11)18-4/h7-9H,5-6,15H2,1-4H3/t9-/m1/s1. The first-order valence-electron chi connectivity index (χ1n) is 6.07. The van der Waals surface area contributed by atoms with E-state index in [2.05, 4.69) is 0 Å². The highest BCUT2D eigenvalue weighted by atomic mass is 16.5. The largest absolute Gasteiger partial charge is 0.496 e. The normalized spacial score (nSPS) is 12.1. The first-order valence-corrected chi connectivity index (χ1v) is 6.07. The van der Waals surface area contributed by atoms with Crippen molar-refractivity contribution in [3.63, 3.8) is 0 Å². The van der Waals surface area contributed by atoms with Crippen LogP contribution in [-0.4, -0.2) is 26.0 Å². The van der Waals surface area contributed by atoms with Crippen LogP contribution in [0, 0.1) is 0 Å². The summed E-state index contributed by atoms with van der Waals surface area (Å²) in [5.41, 5.74) is 7.32. The molecule has 100 valence electrons. The van der Waals surface area contributed by atoms with Crippen molar-refractivity contribution in [1.29, 1.82) is 0 Å². The highest BCUT2D eigenvalue weighted by Crippen LogP contribution is 2.30. The van der Waals surface area contributed by atoms with Crippen LogP contribution in [0.5, 0.6) is 11.5 Å². The second-order valence-electron chi connectivity index (χ2n) is 4.32. The van der Waals surface area contributed by atoms with E-state index in [-0.39, 0.29) is 11.8 Å². The molecule has 0 aliphatic rings. The van der Waals surface area contributed by atoms with Crippen LogP contribution in [0.1, 0.15) is 36.2 Å². The van der Waals surface area contributed by atoms with Gasteiger partial charge in [-0.05, 0) is 31.0 Å². The van der Waals surface area contributed by atoms with Crippen LogP contribution >= 0.6 is 0 Å². The van der Waals surface area contributed by atoms with E-state index in [0.717, 1.165) is 5.56 Å². The molecule has 0 aliphatic carbocycles. The molecule has 1 aromatic carbocycles. The molecule has 4 heteroatoms. The van der Waals surface area contributed by atoms with Crippen molar-refractivity contribution >= 4 is 5.78 Å². The Labute approximate surface area is 108 Å². The predicted molar refractivity (Wildman–Crippen MR) is 71.5 cm³/mol. The van der Waals surface area contributed by atoms with E-state index in [4.69, 9.17) is 15.2 Å². The summed E-state index contributed by atoms with van der Waals surface area (Å²) in [5, 5.41) is 0. The van der Waals surface area contributed by atoms with Gasteiger partial charge in [0.15, 0.2) is 5.78 Å². The van der Waals surface area contributed by atoms with Gasteiger partial charge in [-0.3, -0.25) is 4.79 Å². The molecule has 0 saturated heterocycles. The van der Waals surface area contributed by atoms with Gasteiger partial charge in [-0.1, -0.05) is 6.92 Å². The highest BCUT2D eigenvalue weighted by molar-refractivity contribution is 5.99. The zero-order valence-corrected chi connectivity index (χ0v) is 11.4. The minimum absolute atomic E-state index is 0.0244. The van der Waals surface area contributed by atoms with E-state index in [1.54, 1.807) is 20.3 Å². The van der Waals surface area contributed by atoms with E-state index in [1.165, 1.54) is 0 Å². The topological polar surface area (TPSA) is 61.5 Å². The molecule has 4 nitrogen and oxygen atoms in total. The molecular weight excluding hydrogens is 230 g/mol. The number of hydrogen-bond donors (Lipinski definition) is 1. The fourth-order valence-electron chi connectivity index (χ4n) is 1.88. The van der Waals surface area contributed by atoms with Crippen LogP contribution < -0.4 is 15.2 Å². The Bertz CT molecular complexity index is 427. The summed E-state index contributed by atoms with van der Waals surface area (Å²) in [4.78, 5) is 11.8. The van der Waals surface area contributed by atoms with Crippen molar-refractivity contribution in [2.75, 3.05) is 14.2 Å². The Morgan fingerprint density at radius 1 is 1.28 bits per heavy atom. The number of rotatable bonds is 6. The molecule has 1 rings (SSSR count). The number of carbonyl (C=O) groups is 1. The van der Waals surface area contributed by atoms with Crippen molar-refractivity contribution in [3.8, 4) is 11.5 Å². The van der Waals surface area contributed by atoms with E-state index in [1.807, 2.05) is 19.9 Å². The van der Waals surface area contributed by atoms with Gasteiger partial charge < -0.3 is 15.2 Å². The van der Waals surface area contributed by atoms with Gasteiger partial charge in [0.1, 0.15) is 11.5 Å². The number of methoxy groups -OCH3 is 2. The second-order valence-corrected chi connectivity index (χ2v) is 4.32. The van der Waals surface area contributed by atoms with Gasteiger partial charge in [0, 0.05) is 12.5 Å². The monoisotopic (exact) mass is 251 g/mol. The van der Waals surface area contributed by atoms with Gasteiger partial charge in [-0.25, -0.2) is 0 Å². The first kappa shape index (κ1) is 14.5. The van der Waals surface area contributed by atoms with Gasteiger partial charge in [-0.15, -0.1) is 0 Å². The van der Waals surface area contributed by atoms with Crippen LogP contribution in [0.2, 0.25) is 0 Å². The zero-order valence-electron chi connectivity index (χ0n) is 11.4. The fourth-order valence-corrected chi connectivity index (χ4v) is 1.88. The van der Waals surface area contributed by atoms with Gasteiger partial charge >= 0.3 is 0 Å². The van der Waals surface area contributed by atoms with E-state index >= 15 is 0 Å². The van der Waals surface area contributed by atoms with Crippen LogP contribution in [0.25, 0.3) is 0 Å². The van der Waals surface area contributed by atoms with Crippen LogP contribution in [0.3, 0.4) is 0 Å². The maximum Gasteiger partial charge on any atom is 0.166 e. The zero-order chi connectivity index (χ0) is 13.7. The first-order chi connectivity index (χ1) is 8.53. The number of ketones is 1. The molecule has 0 aromatic heterocycles. The van der Waals surface area contributed by atoms with Gasteiger partial charge in [0.25, 0.3) is 0 Å². The van der Waals surface area contributed by atoms with E-state index in [0.29, 0.717) is 29.9 Å². The van der Waals surface area contributed by atoms with E-state index in [9.17, 15) is 4.79 Å². The molecule has 0 heterocycles. The average molecular weight is 251 g/mol. The van der Waals surface area contributed by atoms with Gasteiger partial charge in [-0.2, -0.15) is 0 Å². The molecule has 0 amide bonds. The molecule has 0 bridgehead atoms. The van der Waals surface area contributed by atoms with E-state index < -0.39 is 0 Å². The Balaban J connectivity index is 3.27. The fraction of sp³-hybridized carbons (Fsp3) is 0.500. The molecule has 0 saturated carbocycles. The summed E-state index contributed by atoms with van der Waals surface area (Å²) in [5.74, 6) is 1.31. The molecule has 0 aliphatic heterocycles. The maximum atomic E-state index is 11.8. The Hall–Kier alpha value is -1.55. The lowest BCUT2D eigenvalue weighted by molar-refractivity contribution is 0.0985. The maximum absolute atomic E-state index is 11.8. The molecule has 18 heavy (non-hydrogen) atoms. The number of nitrogens with two attached hydrogens (primary N) is 1. The number of ether oxygens (including phenoxy) is 2. The lowest BCUT2D eigenvalue weighted by Crippen LogP contribution is -2.18. The van der Waals surface area contributed by atoms with Gasteiger partial charge in [0.2, 0.25) is 0 Å². The van der Waals surface area contributed by atoms with Crippen molar-refractivity contribution < 1.29 is 14.3 Å². The molecular formula is C14H21NO3. The Morgan fingerprint density at radius 2 is 1.89 bits per heavy atom. The van der Waals surface area contributed by atoms with Crippen molar-refractivity contribution in [3.05, 3.63) is 23.3 Å². The molecule has 0 fully saturated rings.